The summed E-state index contributed by atoms with van der Waals surface area (Å²) in [7, 11) is 0. The van der Waals surface area contributed by atoms with E-state index in [-0.39, 0.29) is 22.9 Å². The number of carbonyl (C=O) groups is 2. The average molecular weight is 290 g/mol. The Bertz CT molecular complexity index is 507. The Hall–Kier alpha value is -1.82. The molecule has 7 heteroatoms. The number of rotatable bonds is 4. The van der Waals surface area contributed by atoms with E-state index in [2.05, 4.69) is 4.74 Å². The summed E-state index contributed by atoms with van der Waals surface area (Å²) >= 11 is 5.71. The molecule has 0 unspecified atom stereocenters. The van der Waals surface area contributed by atoms with Gasteiger partial charge in [-0.05, 0) is 26.0 Å². The molecule has 5 nitrogen and oxygen atoms in total. The van der Waals surface area contributed by atoms with Crippen molar-refractivity contribution in [2.24, 2.45) is 0 Å². The zero-order chi connectivity index (χ0) is 14.6. The van der Waals surface area contributed by atoms with Gasteiger partial charge in [-0.15, -0.1) is 0 Å². The van der Waals surface area contributed by atoms with Crippen LogP contribution in [0, 0.1) is 5.82 Å². The van der Waals surface area contributed by atoms with Crippen molar-refractivity contribution >= 4 is 29.2 Å². The van der Waals surface area contributed by atoms with Crippen molar-refractivity contribution in [1.29, 1.82) is 0 Å². The van der Waals surface area contributed by atoms with Crippen molar-refractivity contribution in [3.05, 3.63) is 28.5 Å². The zero-order valence-electron chi connectivity index (χ0n) is 10.4. The maximum atomic E-state index is 13.1. The molecule has 0 aromatic heterocycles. The van der Waals surface area contributed by atoms with Crippen LogP contribution in [-0.4, -0.2) is 24.6 Å². The van der Waals surface area contributed by atoms with Gasteiger partial charge in [0.15, 0.2) is 6.10 Å². The van der Waals surface area contributed by atoms with Crippen molar-refractivity contribution < 1.29 is 23.5 Å². The molecule has 0 aliphatic carbocycles. The minimum atomic E-state index is -1.09. The van der Waals surface area contributed by atoms with E-state index >= 15 is 0 Å². The molecule has 104 valence electrons. The van der Waals surface area contributed by atoms with Crippen LogP contribution in [0.4, 0.5) is 10.1 Å². The Morgan fingerprint density at radius 3 is 2.68 bits per heavy atom. The number of anilines is 1. The van der Waals surface area contributed by atoms with Crippen molar-refractivity contribution in [2.45, 2.75) is 20.0 Å². The summed E-state index contributed by atoms with van der Waals surface area (Å²) in [4.78, 5) is 23.1. The number of hydrogen-bond acceptors (Lipinski definition) is 5. The van der Waals surface area contributed by atoms with Gasteiger partial charge < -0.3 is 15.2 Å². The highest BCUT2D eigenvalue weighted by atomic mass is 35.5. The lowest BCUT2D eigenvalue weighted by atomic mass is 10.2. The molecule has 0 amide bonds. The fourth-order valence-electron chi connectivity index (χ4n) is 1.25. The Balaban J connectivity index is 2.84. The molecule has 0 saturated heterocycles. The first-order valence-corrected chi connectivity index (χ1v) is 5.86. The maximum Gasteiger partial charge on any atom is 0.347 e. The van der Waals surface area contributed by atoms with Crippen LogP contribution >= 0.6 is 11.6 Å². The molecule has 1 aromatic carbocycles. The quantitative estimate of drug-likeness (QED) is 0.679. The predicted molar refractivity (Wildman–Crippen MR) is 67.3 cm³/mol. The maximum absolute atomic E-state index is 13.1. The Morgan fingerprint density at radius 2 is 2.11 bits per heavy atom. The van der Waals surface area contributed by atoms with Gasteiger partial charge >= 0.3 is 11.9 Å². The summed E-state index contributed by atoms with van der Waals surface area (Å²) in [6.45, 7) is 3.16. The first kappa shape index (κ1) is 15.2. The van der Waals surface area contributed by atoms with Gasteiger partial charge in [-0.1, -0.05) is 11.6 Å². The van der Waals surface area contributed by atoms with Gasteiger partial charge in [0.1, 0.15) is 5.82 Å². The number of ether oxygens (including phenoxy) is 2. The average Bonchev–Trinajstić information content (AvgIpc) is 2.33. The van der Waals surface area contributed by atoms with Crippen LogP contribution in [-0.2, 0) is 14.3 Å². The first-order chi connectivity index (χ1) is 8.86. The predicted octanol–water partition coefficient (Wildman–Crippen LogP) is 2.17. The van der Waals surface area contributed by atoms with E-state index in [1.54, 1.807) is 6.92 Å². The third-order valence-electron chi connectivity index (χ3n) is 2.21. The highest BCUT2D eigenvalue weighted by Gasteiger charge is 2.22. The van der Waals surface area contributed by atoms with E-state index < -0.39 is 23.9 Å². The van der Waals surface area contributed by atoms with Gasteiger partial charge in [0.2, 0.25) is 0 Å². The van der Waals surface area contributed by atoms with Gasteiger partial charge in [0.05, 0.1) is 22.9 Å². The Morgan fingerprint density at radius 1 is 1.47 bits per heavy atom. The number of nitrogens with two attached hydrogens (primary N) is 1. The standard InChI is InChI=1S/C12H13ClFNO4/c1-3-18-11(16)6(2)19-12(17)7-4-10(15)9(14)5-8(7)13/h4-6H,3,15H2,1-2H3/t6-/m0/s1. The number of halogens is 2. The molecule has 0 saturated carbocycles. The molecule has 19 heavy (non-hydrogen) atoms. The summed E-state index contributed by atoms with van der Waals surface area (Å²) in [5.41, 5.74) is 4.98. The number of carbonyl (C=O) groups excluding carboxylic acids is 2. The lowest BCUT2D eigenvalue weighted by Gasteiger charge is -2.13. The lowest BCUT2D eigenvalue weighted by molar-refractivity contribution is -0.152. The molecule has 0 heterocycles. The SMILES string of the molecule is CCOC(=O)[C@H](C)OC(=O)c1cc(N)c(F)cc1Cl. The van der Waals surface area contributed by atoms with E-state index in [9.17, 15) is 14.0 Å². The summed E-state index contributed by atoms with van der Waals surface area (Å²) in [5.74, 6) is -2.29. The molecule has 2 N–H and O–H groups in total. The van der Waals surface area contributed by atoms with Crippen LogP contribution in [0.25, 0.3) is 0 Å². The molecular formula is C12H13ClFNO4. The second-order valence-electron chi connectivity index (χ2n) is 3.65. The molecule has 0 aliphatic heterocycles. The van der Waals surface area contributed by atoms with E-state index in [0.29, 0.717) is 0 Å². The van der Waals surface area contributed by atoms with Gasteiger partial charge in [0, 0.05) is 0 Å². The molecule has 0 spiro atoms. The summed E-state index contributed by atoms with van der Waals surface area (Å²) in [6, 6.07) is 1.96. The highest BCUT2D eigenvalue weighted by Crippen LogP contribution is 2.23. The van der Waals surface area contributed by atoms with Gasteiger partial charge in [-0.2, -0.15) is 0 Å². The van der Waals surface area contributed by atoms with Crippen LogP contribution < -0.4 is 5.73 Å². The van der Waals surface area contributed by atoms with Crippen LogP contribution in [0.5, 0.6) is 0 Å². The fourth-order valence-corrected chi connectivity index (χ4v) is 1.48. The van der Waals surface area contributed by atoms with E-state index in [0.717, 1.165) is 12.1 Å². The third-order valence-corrected chi connectivity index (χ3v) is 2.52. The second kappa shape index (κ2) is 6.38. The molecular weight excluding hydrogens is 277 g/mol. The van der Waals surface area contributed by atoms with E-state index in [1.807, 2.05) is 0 Å². The van der Waals surface area contributed by atoms with Crippen LogP contribution in [0.1, 0.15) is 24.2 Å². The van der Waals surface area contributed by atoms with Crippen LogP contribution in [0.2, 0.25) is 5.02 Å². The van der Waals surface area contributed by atoms with Crippen LogP contribution in [0.3, 0.4) is 0 Å². The van der Waals surface area contributed by atoms with Crippen molar-refractivity contribution in [3.8, 4) is 0 Å². The molecule has 0 radical (unpaired) electrons. The fraction of sp³-hybridized carbons (Fsp3) is 0.333. The summed E-state index contributed by atoms with van der Waals surface area (Å²) in [6.07, 6.45) is -1.09. The van der Waals surface area contributed by atoms with Gasteiger partial charge in [-0.3, -0.25) is 0 Å². The highest BCUT2D eigenvalue weighted by molar-refractivity contribution is 6.33. The largest absolute Gasteiger partial charge is 0.463 e. The first-order valence-electron chi connectivity index (χ1n) is 5.49. The third kappa shape index (κ3) is 3.82. The summed E-state index contributed by atoms with van der Waals surface area (Å²) in [5, 5.41) is -0.146. The van der Waals surface area contributed by atoms with Crippen LogP contribution in [0.15, 0.2) is 12.1 Å². The van der Waals surface area contributed by atoms with E-state index in [4.69, 9.17) is 22.1 Å². The van der Waals surface area contributed by atoms with Crippen molar-refractivity contribution in [2.75, 3.05) is 12.3 Å². The molecule has 0 bridgehead atoms. The second-order valence-corrected chi connectivity index (χ2v) is 4.06. The monoisotopic (exact) mass is 289 g/mol. The number of benzene rings is 1. The molecule has 1 atom stereocenters. The van der Waals surface area contributed by atoms with Crippen molar-refractivity contribution in [1.82, 2.24) is 0 Å². The van der Waals surface area contributed by atoms with Gasteiger partial charge in [-0.25, -0.2) is 14.0 Å². The topological polar surface area (TPSA) is 78.6 Å². The number of hydrogen-bond donors (Lipinski definition) is 1. The Kier molecular flexibility index (Phi) is 5.11. The Labute approximate surface area is 114 Å². The molecule has 1 rings (SSSR count). The number of esters is 2. The smallest absolute Gasteiger partial charge is 0.347 e. The van der Waals surface area contributed by atoms with Gasteiger partial charge in [0.25, 0.3) is 0 Å². The number of nitrogen functional groups attached to an aromatic ring is 1. The van der Waals surface area contributed by atoms with E-state index in [1.165, 1.54) is 6.92 Å². The minimum absolute atomic E-state index is 0.114. The molecule has 1 aromatic rings. The molecule has 0 aliphatic rings. The summed E-state index contributed by atoms with van der Waals surface area (Å²) < 4.78 is 22.6. The minimum Gasteiger partial charge on any atom is -0.463 e. The molecule has 0 fully saturated rings. The zero-order valence-corrected chi connectivity index (χ0v) is 11.2. The normalized spacial score (nSPS) is 11.8. The lowest BCUT2D eigenvalue weighted by Crippen LogP contribution is -2.26. The van der Waals surface area contributed by atoms with Crippen molar-refractivity contribution in [3.63, 3.8) is 0 Å².